The lowest BCUT2D eigenvalue weighted by Gasteiger charge is -2.15. The third kappa shape index (κ3) is 22.2. The Hall–Kier alpha value is -6.85. The van der Waals surface area contributed by atoms with Gasteiger partial charge in [0.2, 0.25) is 0 Å². The Labute approximate surface area is 551 Å². The van der Waals surface area contributed by atoms with Crippen LogP contribution in [0.5, 0.6) is 0 Å². The maximum absolute atomic E-state index is 4.63. The number of hydrogen-bond donors (Lipinski definition) is 0. The van der Waals surface area contributed by atoms with Crippen molar-refractivity contribution in [3.63, 3.8) is 0 Å². The summed E-state index contributed by atoms with van der Waals surface area (Å²) in [4.78, 5) is 22.2. The molecule has 5 heteroatoms. The largest absolute Gasteiger partial charge is 0.264 e. The fourth-order valence-corrected chi connectivity index (χ4v) is 11.0. The van der Waals surface area contributed by atoms with Crippen molar-refractivity contribution in [3.8, 4) is 0 Å². The Morgan fingerprint density at radius 2 is 0.456 bits per heavy atom. The summed E-state index contributed by atoms with van der Waals surface area (Å²) in [6.45, 7) is 64.5. The van der Waals surface area contributed by atoms with Gasteiger partial charge in [0.1, 0.15) is 0 Å². The molecule has 0 radical (unpaired) electrons. The first-order valence-corrected chi connectivity index (χ1v) is 34.9. The zero-order valence-corrected chi connectivity index (χ0v) is 62.4. The van der Waals surface area contributed by atoms with Gasteiger partial charge in [0.05, 0.1) is 16.7 Å². The van der Waals surface area contributed by atoms with Crippen LogP contribution in [0, 0.1) is 0 Å². The van der Waals surface area contributed by atoms with E-state index < -0.39 is 0 Å². The molecule has 5 aromatic carbocycles. The maximum atomic E-state index is 4.63. The van der Waals surface area contributed by atoms with Gasteiger partial charge in [0, 0.05) is 70.3 Å². The van der Waals surface area contributed by atoms with Gasteiger partial charge in [-0.2, -0.15) is 0 Å². The van der Waals surface area contributed by atoms with Crippen LogP contribution in [-0.2, 0) is 0 Å². The van der Waals surface area contributed by atoms with E-state index in [-0.39, 0.29) is 0 Å². The average molecular weight is 1220 g/mol. The molecule has 0 bridgehead atoms. The summed E-state index contributed by atoms with van der Waals surface area (Å²) < 4.78 is 0. The van der Waals surface area contributed by atoms with Crippen molar-refractivity contribution >= 4 is 54.1 Å². The zero-order valence-electron chi connectivity index (χ0n) is 62.4. The number of fused-ring (bicyclic) bond motifs is 5. The molecule has 0 saturated heterocycles. The summed E-state index contributed by atoms with van der Waals surface area (Å²) in [5, 5.41) is 10.6. The molecule has 0 spiro atoms. The van der Waals surface area contributed by atoms with E-state index in [0.717, 1.165) is 0 Å². The first kappa shape index (κ1) is 81.2. The van der Waals surface area contributed by atoms with E-state index >= 15 is 0 Å². The molecule has 0 aliphatic heterocycles. The number of aromatic nitrogens is 5. The van der Waals surface area contributed by atoms with E-state index in [2.05, 4.69) is 260 Å². The van der Waals surface area contributed by atoms with Crippen molar-refractivity contribution < 1.29 is 0 Å². The third-order valence-corrected chi connectivity index (χ3v) is 15.4. The molecule has 0 aliphatic carbocycles. The van der Waals surface area contributed by atoms with Gasteiger partial charge in [-0.25, -0.2) is 0 Å². The number of pyridine rings is 5. The molecule has 90 heavy (non-hydrogen) atoms. The number of nitrogens with zero attached hydrogens (tertiary/aromatic N) is 5. The van der Waals surface area contributed by atoms with E-state index in [1.54, 1.807) is 0 Å². The van der Waals surface area contributed by atoms with Crippen LogP contribution in [0.4, 0.5) is 0 Å². The Bertz CT molecular complexity index is 2810. The highest BCUT2D eigenvalue weighted by atomic mass is 14.7. The molecule has 490 valence electrons. The topological polar surface area (TPSA) is 64.5 Å². The first-order valence-electron chi connectivity index (χ1n) is 34.9. The molecule has 0 amide bonds. The number of benzene rings is 5. The third-order valence-electron chi connectivity index (χ3n) is 15.4. The highest BCUT2D eigenvalue weighted by Crippen LogP contribution is 2.35. The van der Waals surface area contributed by atoms with Crippen molar-refractivity contribution in [1.29, 1.82) is 0 Å². The number of hydrogen-bond acceptors (Lipinski definition) is 5. The molecule has 0 N–H and O–H groups in total. The van der Waals surface area contributed by atoms with Gasteiger partial charge < -0.3 is 0 Å². The van der Waals surface area contributed by atoms with Crippen LogP contribution in [0.3, 0.4) is 0 Å². The lowest BCUT2D eigenvalue weighted by molar-refractivity contribution is 0.818. The predicted molar refractivity (Wildman–Crippen MR) is 406 cm³/mol. The summed E-state index contributed by atoms with van der Waals surface area (Å²) in [5.74, 6) is 5.38. The lowest BCUT2D eigenvalue weighted by Crippen LogP contribution is -1.98. The monoisotopic (exact) mass is 1220 g/mol. The summed E-state index contributed by atoms with van der Waals surface area (Å²) in [5.41, 5.74) is 16.0. The van der Waals surface area contributed by atoms with Crippen LogP contribution in [0.25, 0.3) is 54.1 Å². The second-order valence-electron chi connectivity index (χ2n) is 24.8. The van der Waals surface area contributed by atoms with E-state index in [1.165, 1.54) is 110 Å². The van der Waals surface area contributed by atoms with Gasteiger partial charge in [0.25, 0.3) is 0 Å². The molecular formula is C85H125N5. The molecule has 0 fully saturated rings. The second kappa shape index (κ2) is 42.3. The van der Waals surface area contributed by atoms with E-state index in [4.69, 9.17) is 0 Å². The van der Waals surface area contributed by atoms with Gasteiger partial charge in [-0.3, -0.25) is 24.9 Å². The van der Waals surface area contributed by atoms with Crippen molar-refractivity contribution in [1.82, 2.24) is 24.9 Å². The first-order chi connectivity index (χ1) is 43.0. The minimum Gasteiger partial charge on any atom is -0.264 e. The SMILES string of the molecule is CC.CC.CC.CC.CC.CC(C)c1ccc(C(C)C)c2cnccc12.CC(C)c1ccc(C(C)C)c2cnccc12.CC(C)c1ccc(C(C)C)c2ncccc12.CC(C)c1ccc(C(C)C)c2ncccc12.CC(C)c1cnc(C(C)C)c2ccccc12. The summed E-state index contributed by atoms with van der Waals surface area (Å²) in [7, 11) is 0. The normalized spacial score (nSPS) is 10.7. The Kier molecular flexibility index (Phi) is 38.1. The minimum atomic E-state index is 0.478. The molecular weight excluding hydrogens is 1090 g/mol. The highest BCUT2D eigenvalue weighted by Gasteiger charge is 2.16. The minimum absolute atomic E-state index is 0.478. The van der Waals surface area contributed by atoms with E-state index in [1.807, 2.05) is 125 Å². The second-order valence-corrected chi connectivity index (χ2v) is 24.8. The van der Waals surface area contributed by atoms with Crippen LogP contribution in [0.1, 0.15) is 323 Å². The highest BCUT2D eigenvalue weighted by molar-refractivity contribution is 5.91. The van der Waals surface area contributed by atoms with Gasteiger partial charge >= 0.3 is 0 Å². The van der Waals surface area contributed by atoms with Crippen molar-refractivity contribution in [3.05, 3.63) is 208 Å². The van der Waals surface area contributed by atoms with Crippen LogP contribution in [0.2, 0.25) is 0 Å². The predicted octanol–water partition coefficient (Wildman–Crippen LogP) is 27.5. The quantitative estimate of drug-likeness (QED) is 0.137. The van der Waals surface area contributed by atoms with Crippen LogP contribution >= 0.6 is 0 Å². The van der Waals surface area contributed by atoms with Gasteiger partial charge in [-0.15, -0.1) is 0 Å². The van der Waals surface area contributed by atoms with E-state index in [0.29, 0.717) is 59.2 Å². The number of rotatable bonds is 10. The molecule has 10 rings (SSSR count). The fourth-order valence-electron chi connectivity index (χ4n) is 11.0. The molecule has 10 aromatic rings. The molecule has 5 heterocycles. The molecule has 0 saturated carbocycles. The van der Waals surface area contributed by atoms with E-state index in [9.17, 15) is 0 Å². The maximum Gasteiger partial charge on any atom is 0.0739 e. The molecule has 5 nitrogen and oxygen atoms in total. The van der Waals surface area contributed by atoms with Gasteiger partial charge in [-0.1, -0.05) is 293 Å². The molecule has 0 aliphatic rings. The standard InChI is InChI=1S/5C15H19N.5C2H6/c2*1-10(2)12-5-6-13(11(3)4)15-9-16-8-7-14(12)15;2*1-10(2)12-7-8-13(11(3)4)15-14(12)6-5-9-16-15;1-10(2)14-9-16-15(11(3)4)13-8-6-5-7-12(13)14;5*1-2/h5*5-11H,1-4H3;5*1-2H3. The Morgan fingerprint density at radius 3 is 0.756 bits per heavy atom. The summed E-state index contributed by atoms with van der Waals surface area (Å²) >= 11 is 0. The van der Waals surface area contributed by atoms with Crippen LogP contribution in [-0.4, -0.2) is 24.9 Å². The molecule has 0 atom stereocenters. The molecule has 0 unspecified atom stereocenters. The summed E-state index contributed by atoms with van der Waals surface area (Å²) in [6, 6.07) is 39.3. The fraction of sp³-hybridized carbons (Fsp3) is 0.471. The zero-order chi connectivity index (χ0) is 68.5. The van der Waals surface area contributed by atoms with Crippen molar-refractivity contribution in [2.24, 2.45) is 0 Å². The smallest absolute Gasteiger partial charge is 0.0739 e. The van der Waals surface area contributed by atoms with Crippen molar-refractivity contribution in [2.45, 2.75) is 267 Å². The average Bonchev–Trinajstić information content (AvgIpc) is 1.13. The van der Waals surface area contributed by atoms with Gasteiger partial charge in [0.15, 0.2) is 0 Å². The Morgan fingerprint density at radius 1 is 0.200 bits per heavy atom. The lowest BCUT2D eigenvalue weighted by atomic mass is 9.90. The van der Waals surface area contributed by atoms with Gasteiger partial charge in [-0.05, 0) is 150 Å². The summed E-state index contributed by atoms with van der Waals surface area (Å²) in [6.07, 6.45) is 13.6. The van der Waals surface area contributed by atoms with Crippen LogP contribution < -0.4 is 0 Å². The molecule has 5 aromatic heterocycles. The Balaban J connectivity index is 0.000000542. The van der Waals surface area contributed by atoms with Crippen molar-refractivity contribution in [2.75, 3.05) is 0 Å². The van der Waals surface area contributed by atoms with Crippen LogP contribution in [0.15, 0.2) is 153 Å².